The largest absolute Gasteiger partial charge is 0.386 e. The van der Waals surface area contributed by atoms with Crippen molar-refractivity contribution in [2.24, 2.45) is 0 Å². The van der Waals surface area contributed by atoms with E-state index in [1.54, 1.807) is 31.2 Å². The number of ether oxygens (including phenoxy) is 1. The van der Waals surface area contributed by atoms with Crippen LogP contribution in [0.1, 0.15) is 6.92 Å². The Morgan fingerprint density at radius 2 is 2.28 bits per heavy atom. The van der Waals surface area contributed by atoms with Crippen LogP contribution in [0, 0.1) is 0 Å². The number of anilines is 1. The standard InChI is InChI=1S/C12H17ClN2O3/c1-12(17,8-18-2)7-14-11(16)15-10-5-3-4-9(13)6-10/h3-6,17H,7-8H2,1-2H3,(H2,14,15,16). The van der Waals surface area contributed by atoms with Crippen LogP contribution in [-0.2, 0) is 4.74 Å². The SMILES string of the molecule is COCC(C)(O)CNC(=O)Nc1cccc(Cl)c1. The maximum Gasteiger partial charge on any atom is 0.319 e. The zero-order valence-electron chi connectivity index (χ0n) is 10.4. The molecule has 0 heterocycles. The third kappa shape index (κ3) is 5.35. The van der Waals surface area contributed by atoms with E-state index in [4.69, 9.17) is 16.3 Å². The second-order valence-corrected chi connectivity index (χ2v) is 4.68. The van der Waals surface area contributed by atoms with Gasteiger partial charge in [-0.1, -0.05) is 17.7 Å². The van der Waals surface area contributed by atoms with Crippen LogP contribution < -0.4 is 10.6 Å². The molecule has 0 fully saturated rings. The van der Waals surface area contributed by atoms with Gasteiger partial charge in [-0.25, -0.2) is 4.79 Å². The molecular formula is C12H17ClN2O3. The Morgan fingerprint density at radius 3 is 2.89 bits per heavy atom. The highest BCUT2D eigenvalue weighted by Crippen LogP contribution is 2.14. The summed E-state index contributed by atoms with van der Waals surface area (Å²) in [5, 5.41) is 15.5. The van der Waals surface area contributed by atoms with Crippen LogP contribution in [0.2, 0.25) is 5.02 Å². The Bertz CT molecular complexity index is 410. The molecule has 0 spiro atoms. The number of benzene rings is 1. The number of amides is 2. The number of hydrogen-bond acceptors (Lipinski definition) is 3. The lowest BCUT2D eigenvalue weighted by atomic mass is 10.1. The minimum absolute atomic E-state index is 0.0905. The molecule has 0 radical (unpaired) electrons. The second-order valence-electron chi connectivity index (χ2n) is 4.25. The molecule has 1 atom stereocenters. The number of hydrogen-bond donors (Lipinski definition) is 3. The van der Waals surface area contributed by atoms with Gasteiger partial charge in [-0.2, -0.15) is 0 Å². The van der Waals surface area contributed by atoms with E-state index in [2.05, 4.69) is 10.6 Å². The minimum Gasteiger partial charge on any atom is -0.386 e. The van der Waals surface area contributed by atoms with Gasteiger partial charge in [0.1, 0.15) is 5.60 Å². The van der Waals surface area contributed by atoms with Crippen molar-refractivity contribution < 1.29 is 14.6 Å². The number of urea groups is 1. The molecule has 0 saturated carbocycles. The zero-order chi connectivity index (χ0) is 13.6. The first-order valence-electron chi connectivity index (χ1n) is 5.45. The summed E-state index contributed by atoms with van der Waals surface area (Å²) in [4.78, 5) is 11.6. The maximum atomic E-state index is 11.6. The van der Waals surface area contributed by atoms with Gasteiger partial charge in [0, 0.05) is 17.8 Å². The van der Waals surface area contributed by atoms with E-state index in [9.17, 15) is 9.90 Å². The Balaban J connectivity index is 2.43. The smallest absolute Gasteiger partial charge is 0.319 e. The summed E-state index contributed by atoms with van der Waals surface area (Å²) in [6, 6.07) is 6.40. The number of halogens is 1. The fourth-order valence-electron chi connectivity index (χ4n) is 1.37. The number of nitrogens with one attached hydrogen (secondary N) is 2. The Kier molecular flexibility index (Phi) is 5.40. The van der Waals surface area contributed by atoms with Crippen LogP contribution in [-0.4, -0.2) is 37.0 Å². The average Bonchev–Trinajstić information content (AvgIpc) is 2.26. The van der Waals surface area contributed by atoms with Crippen molar-refractivity contribution in [1.29, 1.82) is 0 Å². The molecule has 18 heavy (non-hydrogen) atoms. The molecule has 0 aliphatic rings. The number of carbonyl (C=O) groups is 1. The third-order valence-corrected chi connectivity index (χ3v) is 2.40. The van der Waals surface area contributed by atoms with Crippen molar-refractivity contribution in [2.75, 3.05) is 25.6 Å². The number of carbonyl (C=O) groups excluding carboxylic acids is 1. The van der Waals surface area contributed by atoms with Gasteiger partial charge in [0.2, 0.25) is 0 Å². The topological polar surface area (TPSA) is 70.6 Å². The number of rotatable bonds is 5. The van der Waals surface area contributed by atoms with Gasteiger partial charge in [0.15, 0.2) is 0 Å². The van der Waals surface area contributed by atoms with Crippen molar-refractivity contribution in [1.82, 2.24) is 5.32 Å². The molecular weight excluding hydrogens is 256 g/mol. The van der Waals surface area contributed by atoms with E-state index in [-0.39, 0.29) is 13.2 Å². The van der Waals surface area contributed by atoms with Crippen molar-refractivity contribution in [3.05, 3.63) is 29.3 Å². The van der Waals surface area contributed by atoms with Crippen molar-refractivity contribution in [3.8, 4) is 0 Å². The average molecular weight is 273 g/mol. The summed E-state index contributed by atoms with van der Waals surface area (Å²) in [5.41, 5.74) is -0.508. The van der Waals surface area contributed by atoms with E-state index in [1.165, 1.54) is 7.11 Å². The highest BCUT2D eigenvalue weighted by Gasteiger charge is 2.20. The van der Waals surface area contributed by atoms with Gasteiger partial charge in [0.05, 0.1) is 13.2 Å². The van der Waals surface area contributed by atoms with Crippen LogP contribution >= 0.6 is 11.6 Å². The molecule has 1 aromatic carbocycles. The molecule has 0 bridgehead atoms. The molecule has 1 aromatic rings. The van der Waals surface area contributed by atoms with Crippen LogP contribution in [0.3, 0.4) is 0 Å². The highest BCUT2D eigenvalue weighted by atomic mass is 35.5. The molecule has 3 N–H and O–H groups in total. The molecule has 0 aliphatic heterocycles. The highest BCUT2D eigenvalue weighted by molar-refractivity contribution is 6.30. The van der Waals surface area contributed by atoms with Crippen molar-refractivity contribution in [3.63, 3.8) is 0 Å². The lowest BCUT2D eigenvalue weighted by Gasteiger charge is -2.22. The van der Waals surface area contributed by atoms with Gasteiger partial charge in [-0.05, 0) is 25.1 Å². The molecule has 0 aliphatic carbocycles. The molecule has 100 valence electrons. The molecule has 2 amide bonds. The van der Waals surface area contributed by atoms with Gasteiger partial charge < -0.3 is 20.5 Å². The van der Waals surface area contributed by atoms with Crippen molar-refractivity contribution >= 4 is 23.3 Å². The fraction of sp³-hybridized carbons (Fsp3) is 0.417. The Morgan fingerprint density at radius 1 is 1.56 bits per heavy atom. The lowest BCUT2D eigenvalue weighted by Crippen LogP contribution is -2.45. The summed E-state index contributed by atoms with van der Waals surface area (Å²) in [6.45, 7) is 1.81. The summed E-state index contributed by atoms with van der Waals surface area (Å²) < 4.78 is 4.83. The van der Waals surface area contributed by atoms with Crippen LogP contribution in [0.25, 0.3) is 0 Å². The van der Waals surface area contributed by atoms with E-state index in [1.807, 2.05) is 0 Å². The molecule has 1 rings (SSSR count). The maximum absolute atomic E-state index is 11.6. The van der Waals surface area contributed by atoms with Gasteiger partial charge in [-0.3, -0.25) is 0 Å². The van der Waals surface area contributed by atoms with Gasteiger partial charge in [-0.15, -0.1) is 0 Å². The van der Waals surface area contributed by atoms with Crippen LogP contribution in [0.15, 0.2) is 24.3 Å². The lowest BCUT2D eigenvalue weighted by molar-refractivity contribution is -0.0133. The number of methoxy groups -OCH3 is 1. The fourth-order valence-corrected chi connectivity index (χ4v) is 1.56. The molecule has 0 saturated heterocycles. The minimum atomic E-state index is -1.10. The monoisotopic (exact) mass is 272 g/mol. The summed E-state index contributed by atoms with van der Waals surface area (Å²) in [6.07, 6.45) is 0. The number of aliphatic hydroxyl groups is 1. The molecule has 6 heteroatoms. The van der Waals surface area contributed by atoms with Crippen LogP contribution in [0.5, 0.6) is 0 Å². The first-order chi connectivity index (χ1) is 8.43. The summed E-state index contributed by atoms with van der Waals surface area (Å²) >= 11 is 5.79. The molecule has 0 aromatic heterocycles. The normalized spacial score (nSPS) is 13.8. The van der Waals surface area contributed by atoms with Gasteiger partial charge in [0.25, 0.3) is 0 Å². The first kappa shape index (κ1) is 14.8. The summed E-state index contributed by atoms with van der Waals surface area (Å²) in [7, 11) is 1.49. The Hall–Kier alpha value is -1.30. The molecule has 1 unspecified atom stereocenters. The quantitative estimate of drug-likeness (QED) is 0.766. The van der Waals surface area contributed by atoms with Crippen LogP contribution in [0.4, 0.5) is 10.5 Å². The zero-order valence-corrected chi connectivity index (χ0v) is 11.1. The van der Waals surface area contributed by atoms with E-state index in [0.717, 1.165) is 0 Å². The van der Waals surface area contributed by atoms with E-state index >= 15 is 0 Å². The van der Waals surface area contributed by atoms with E-state index in [0.29, 0.717) is 10.7 Å². The first-order valence-corrected chi connectivity index (χ1v) is 5.82. The molecule has 5 nitrogen and oxygen atoms in total. The Labute approximate surface area is 111 Å². The predicted molar refractivity (Wildman–Crippen MR) is 71.0 cm³/mol. The van der Waals surface area contributed by atoms with Crippen molar-refractivity contribution in [2.45, 2.75) is 12.5 Å². The van der Waals surface area contributed by atoms with E-state index < -0.39 is 11.6 Å². The predicted octanol–water partition coefficient (Wildman–Crippen LogP) is 1.86. The third-order valence-electron chi connectivity index (χ3n) is 2.17. The van der Waals surface area contributed by atoms with Gasteiger partial charge >= 0.3 is 6.03 Å². The second kappa shape index (κ2) is 6.58. The summed E-state index contributed by atoms with van der Waals surface area (Å²) in [5.74, 6) is 0.